The second-order valence-electron chi connectivity index (χ2n) is 5.84. The SMILES string of the molecule is O=C(Cc1ccccc1)NC1c2ccccc2Oc2ccccc21. The van der Waals surface area contributed by atoms with Crippen LogP contribution in [0.4, 0.5) is 0 Å². The molecular weight excluding hydrogens is 298 g/mol. The van der Waals surface area contributed by atoms with E-state index in [1.54, 1.807) is 0 Å². The van der Waals surface area contributed by atoms with Crippen LogP contribution in [0.1, 0.15) is 22.7 Å². The van der Waals surface area contributed by atoms with E-state index in [0.717, 1.165) is 28.2 Å². The molecule has 1 heterocycles. The maximum Gasteiger partial charge on any atom is 0.225 e. The van der Waals surface area contributed by atoms with E-state index in [4.69, 9.17) is 4.74 Å². The fourth-order valence-corrected chi connectivity index (χ4v) is 3.06. The number of carbonyl (C=O) groups excluding carboxylic acids is 1. The molecule has 24 heavy (non-hydrogen) atoms. The zero-order chi connectivity index (χ0) is 16.4. The molecule has 0 fully saturated rings. The molecule has 0 spiro atoms. The molecule has 1 aliphatic rings. The fourth-order valence-electron chi connectivity index (χ4n) is 3.06. The van der Waals surface area contributed by atoms with Gasteiger partial charge in [-0.05, 0) is 17.7 Å². The van der Waals surface area contributed by atoms with E-state index in [0.29, 0.717) is 6.42 Å². The van der Waals surface area contributed by atoms with E-state index >= 15 is 0 Å². The predicted molar refractivity (Wildman–Crippen MR) is 93.1 cm³/mol. The zero-order valence-corrected chi connectivity index (χ0v) is 13.1. The number of ether oxygens (including phenoxy) is 1. The van der Waals surface area contributed by atoms with Crippen LogP contribution in [0, 0.1) is 0 Å². The zero-order valence-electron chi connectivity index (χ0n) is 13.1. The summed E-state index contributed by atoms with van der Waals surface area (Å²) in [6, 6.07) is 25.2. The van der Waals surface area contributed by atoms with Gasteiger partial charge in [-0.15, -0.1) is 0 Å². The number of benzene rings is 3. The van der Waals surface area contributed by atoms with Crippen LogP contribution in [0.2, 0.25) is 0 Å². The molecule has 0 aromatic heterocycles. The van der Waals surface area contributed by atoms with Crippen molar-refractivity contribution in [1.82, 2.24) is 5.32 Å². The molecule has 3 heteroatoms. The molecule has 0 saturated carbocycles. The molecule has 4 rings (SSSR count). The van der Waals surface area contributed by atoms with Gasteiger partial charge in [-0.2, -0.15) is 0 Å². The summed E-state index contributed by atoms with van der Waals surface area (Å²) in [4.78, 5) is 12.5. The van der Waals surface area contributed by atoms with Gasteiger partial charge >= 0.3 is 0 Å². The number of rotatable bonds is 3. The highest BCUT2D eigenvalue weighted by molar-refractivity contribution is 5.80. The molecule has 3 aromatic carbocycles. The molecule has 118 valence electrons. The monoisotopic (exact) mass is 315 g/mol. The number of hydrogen-bond donors (Lipinski definition) is 1. The average molecular weight is 315 g/mol. The molecule has 0 atom stereocenters. The molecule has 0 bridgehead atoms. The minimum Gasteiger partial charge on any atom is -0.457 e. The highest BCUT2D eigenvalue weighted by Crippen LogP contribution is 2.42. The van der Waals surface area contributed by atoms with Gasteiger partial charge in [0.1, 0.15) is 11.5 Å². The summed E-state index contributed by atoms with van der Waals surface area (Å²) >= 11 is 0. The summed E-state index contributed by atoms with van der Waals surface area (Å²) in [5.74, 6) is 1.58. The number of fused-ring (bicyclic) bond motifs is 2. The van der Waals surface area contributed by atoms with E-state index in [-0.39, 0.29) is 11.9 Å². The molecular formula is C21H17NO2. The second-order valence-corrected chi connectivity index (χ2v) is 5.84. The maximum absolute atomic E-state index is 12.5. The van der Waals surface area contributed by atoms with E-state index in [9.17, 15) is 4.79 Å². The highest BCUT2D eigenvalue weighted by atomic mass is 16.5. The Morgan fingerprint density at radius 3 is 1.96 bits per heavy atom. The standard InChI is InChI=1S/C21H17NO2/c23-20(14-15-8-2-1-3-9-15)22-21-16-10-4-6-12-18(16)24-19-13-7-5-11-17(19)21/h1-13,21H,14H2,(H,22,23). The molecule has 1 amide bonds. The van der Waals surface area contributed by atoms with Gasteiger partial charge in [0.25, 0.3) is 0 Å². The Kier molecular flexibility index (Phi) is 3.75. The smallest absolute Gasteiger partial charge is 0.225 e. The molecule has 0 radical (unpaired) electrons. The average Bonchev–Trinajstić information content (AvgIpc) is 2.62. The van der Waals surface area contributed by atoms with Gasteiger partial charge in [-0.3, -0.25) is 4.79 Å². The lowest BCUT2D eigenvalue weighted by molar-refractivity contribution is -0.121. The van der Waals surface area contributed by atoms with E-state index in [2.05, 4.69) is 5.32 Å². The number of amides is 1. The van der Waals surface area contributed by atoms with Crippen LogP contribution in [0.25, 0.3) is 0 Å². The van der Waals surface area contributed by atoms with Gasteiger partial charge in [-0.25, -0.2) is 0 Å². The summed E-state index contributed by atoms with van der Waals surface area (Å²) in [5.41, 5.74) is 2.97. The number of para-hydroxylation sites is 2. The van der Waals surface area contributed by atoms with Crippen LogP contribution in [0.5, 0.6) is 11.5 Å². The van der Waals surface area contributed by atoms with Crippen LogP contribution < -0.4 is 10.1 Å². The van der Waals surface area contributed by atoms with Crippen molar-refractivity contribution in [2.24, 2.45) is 0 Å². The first-order valence-electron chi connectivity index (χ1n) is 8.00. The Morgan fingerprint density at radius 1 is 0.792 bits per heavy atom. The van der Waals surface area contributed by atoms with Gasteiger partial charge in [0, 0.05) is 11.1 Å². The lowest BCUT2D eigenvalue weighted by atomic mass is 9.94. The first-order valence-corrected chi connectivity index (χ1v) is 8.00. The molecule has 0 saturated heterocycles. The number of hydrogen-bond acceptors (Lipinski definition) is 2. The topological polar surface area (TPSA) is 38.3 Å². The van der Waals surface area contributed by atoms with Crippen molar-refractivity contribution in [3.8, 4) is 11.5 Å². The Balaban J connectivity index is 1.64. The first-order chi connectivity index (χ1) is 11.8. The number of carbonyl (C=O) groups is 1. The van der Waals surface area contributed by atoms with E-state index < -0.39 is 0 Å². The Bertz CT molecular complexity index is 828. The minimum atomic E-state index is -0.192. The van der Waals surface area contributed by atoms with Crippen LogP contribution >= 0.6 is 0 Å². The first kappa shape index (κ1) is 14.5. The van der Waals surface area contributed by atoms with Crippen LogP contribution in [-0.2, 0) is 11.2 Å². The Hall–Kier alpha value is -3.07. The summed E-state index contributed by atoms with van der Waals surface area (Å²) < 4.78 is 5.96. The van der Waals surface area contributed by atoms with Crippen LogP contribution in [0.15, 0.2) is 78.9 Å². The second kappa shape index (κ2) is 6.20. The van der Waals surface area contributed by atoms with Gasteiger partial charge < -0.3 is 10.1 Å². The molecule has 3 aromatic rings. The highest BCUT2D eigenvalue weighted by Gasteiger charge is 2.27. The largest absolute Gasteiger partial charge is 0.457 e. The van der Waals surface area contributed by atoms with Crippen molar-refractivity contribution in [2.45, 2.75) is 12.5 Å². The molecule has 1 N–H and O–H groups in total. The third-order valence-electron chi connectivity index (χ3n) is 4.19. The van der Waals surface area contributed by atoms with Crippen LogP contribution in [-0.4, -0.2) is 5.91 Å². The van der Waals surface area contributed by atoms with Crippen molar-refractivity contribution in [1.29, 1.82) is 0 Å². The summed E-state index contributed by atoms with van der Waals surface area (Å²) in [5, 5.41) is 3.16. The third-order valence-corrected chi connectivity index (χ3v) is 4.19. The fraction of sp³-hybridized carbons (Fsp3) is 0.0952. The summed E-state index contributed by atoms with van der Waals surface area (Å²) in [6.07, 6.45) is 0.364. The summed E-state index contributed by atoms with van der Waals surface area (Å²) in [6.45, 7) is 0. The molecule has 0 unspecified atom stereocenters. The molecule has 0 aliphatic carbocycles. The van der Waals surface area contributed by atoms with Gasteiger partial charge in [0.05, 0.1) is 12.5 Å². The van der Waals surface area contributed by atoms with Crippen molar-refractivity contribution in [3.05, 3.63) is 95.6 Å². The lowest BCUT2D eigenvalue weighted by Crippen LogP contribution is -2.32. The summed E-state index contributed by atoms with van der Waals surface area (Å²) in [7, 11) is 0. The lowest BCUT2D eigenvalue weighted by Gasteiger charge is -2.28. The maximum atomic E-state index is 12.5. The Morgan fingerprint density at radius 2 is 1.33 bits per heavy atom. The van der Waals surface area contributed by atoms with Crippen molar-refractivity contribution in [2.75, 3.05) is 0 Å². The normalized spacial score (nSPS) is 12.7. The van der Waals surface area contributed by atoms with Crippen molar-refractivity contribution >= 4 is 5.91 Å². The third kappa shape index (κ3) is 2.76. The minimum absolute atomic E-state index is 0.00212. The predicted octanol–water partition coefficient (Wildman–Crippen LogP) is 4.24. The van der Waals surface area contributed by atoms with Gasteiger partial charge in [0.15, 0.2) is 0 Å². The van der Waals surface area contributed by atoms with Crippen molar-refractivity contribution in [3.63, 3.8) is 0 Å². The van der Waals surface area contributed by atoms with Gasteiger partial charge in [0.2, 0.25) is 5.91 Å². The van der Waals surface area contributed by atoms with Gasteiger partial charge in [-0.1, -0.05) is 66.7 Å². The molecule has 3 nitrogen and oxygen atoms in total. The van der Waals surface area contributed by atoms with Crippen LogP contribution in [0.3, 0.4) is 0 Å². The van der Waals surface area contributed by atoms with E-state index in [1.807, 2.05) is 78.9 Å². The van der Waals surface area contributed by atoms with E-state index in [1.165, 1.54) is 0 Å². The van der Waals surface area contributed by atoms with Crippen molar-refractivity contribution < 1.29 is 9.53 Å². The molecule has 1 aliphatic heterocycles. The number of nitrogens with one attached hydrogen (secondary N) is 1. The quantitative estimate of drug-likeness (QED) is 0.785. The Labute approximate surface area is 140 Å².